The zero-order valence-corrected chi connectivity index (χ0v) is 9.18. The van der Waals surface area contributed by atoms with Gasteiger partial charge in [-0.1, -0.05) is 18.7 Å². The zero-order valence-electron chi connectivity index (χ0n) is 8.36. The van der Waals surface area contributed by atoms with Crippen LogP contribution < -0.4 is 5.73 Å². The highest BCUT2D eigenvalue weighted by molar-refractivity contribution is 8.13. The fourth-order valence-electron chi connectivity index (χ4n) is 1.07. The van der Waals surface area contributed by atoms with Gasteiger partial charge in [-0.2, -0.15) is 0 Å². The molecule has 0 atom stereocenters. The second kappa shape index (κ2) is 6.48. The number of aromatic amines is 1. The predicted molar refractivity (Wildman–Crippen MR) is 61.5 cm³/mol. The van der Waals surface area contributed by atoms with E-state index in [2.05, 4.69) is 21.9 Å². The molecule has 14 heavy (non-hydrogen) atoms. The van der Waals surface area contributed by atoms with Crippen molar-refractivity contribution in [3.05, 3.63) is 18.2 Å². The van der Waals surface area contributed by atoms with Gasteiger partial charge in [-0.25, -0.2) is 4.98 Å². The van der Waals surface area contributed by atoms with Crippen LogP contribution in [-0.2, 0) is 6.42 Å². The van der Waals surface area contributed by atoms with Crippen molar-refractivity contribution in [2.45, 2.75) is 19.8 Å². The van der Waals surface area contributed by atoms with Gasteiger partial charge >= 0.3 is 0 Å². The third kappa shape index (κ3) is 4.32. The number of thioether (sulfide) groups is 1. The molecule has 3 N–H and O–H groups in total. The number of rotatable bonds is 5. The van der Waals surface area contributed by atoms with Crippen LogP contribution in [0.1, 0.15) is 19.0 Å². The Hall–Kier alpha value is -0.970. The quantitative estimate of drug-likeness (QED) is 0.440. The maximum atomic E-state index is 5.63. The van der Waals surface area contributed by atoms with Crippen LogP contribution in [0.2, 0.25) is 0 Å². The van der Waals surface area contributed by atoms with Gasteiger partial charge in [-0.05, 0) is 18.6 Å². The van der Waals surface area contributed by atoms with Crippen molar-refractivity contribution < 1.29 is 0 Å². The van der Waals surface area contributed by atoms with Crippen molar-refractivity contribution in [2.75, 3.05) is 12.3 Å². The average Bonchev–Trinajstić information content (AvgIpc) is 2.65. The van der Waals surface area contributed by atoms with Crippen LogP contribution in [0.4, 0.5) is 0 Å². The Morgan fingerprint density at radius 3 is 3.21 bits per heavy atom. The number of aromatic nitrogens is 2. The largest absolute Gasteiger partial charge is 0.379 e. The monoisotopic (exact) mass is 212 g/mol. The molecule has 0 bridgehead atoms. The predicted octanol–water partition coefficient (Wildman–Crippen LogP) is 1.41. The Kier molecular flexibility index (Phi) is 5.14. The number of aryl methyl sites for hydroxylation is 1. The van der Waals surface area contributed by atoms with Crippen LogP contribution in [0.5, 0.6) is 0 Å². The molecule has 0 aliphatic carbocycles. The molecule has 0 saturated carbocycles. The summed E-state index contributed by atoms with van der Waals surface area (Å²) >= 11 is 1.59. The van der Waals surface area contributed by atoms with Crippen molar-refractivity contribution in [3.8, 4) is 0 Å². The number of aliphatic imine (C=N–C) groups is 1. The van der Waals surface area contributed by atoms with E-state index < -0.39 is 0 Å². The Morgan fingerprint density at radius 2 is 2.57 bits per heavy atom. The topological polar surface area (TPSA) is 67.1 Å². The summed E-state index contributed by atoms with van der Waals surface area (Å²) in [7, 11) is 0. The van der Waals surface area contributed by atoms with Gasteiger partial charge in [-0.3, -0.25) is 4.99 Å². The van der Waals surface area contributed by atoms with Crippen LogP contribution in [0.25, 0.3) is 0 Å². The molecular weight excluding hydrogens is 196 g/mol. The molecular formula is C9H16N4S. The van der Waals surface area contributed by atoms with Gasteiger partial charge < -0.3 is 10.7 Å². The van der Waals surface area contributed by atoms with E-state index >= 15 is 0 Å². The van der Waals surface area contributed by atoms with E-state index in [-0.39, 0.29) is 0 Å². The Morgan fingerprint density at radius 1 is 1.71 bits per heavy atom. The van der Waals surface area contributed by atoms with Crippen LogP contribution in [0.15, 0.2) is 17.5 Å². The van der Waals surface area contributed by atoms with E-state index in [1.807, 2.05) is 6.20 Å². The minimum Gasteiger partial charge on any atom is -0.379 e. The van der Waals surface area contributed by atoms with Crippen LogP contribution >= 0.6 is 11.8 Å². The highest BCUT2D eigenvalue weighted by atomic mass is 32.2. The van der Waals surface area contributed by atoms with E-state index in [4.69, 9.17) is 5.73 Å². The maximum Gasteiger partial charge on any atom is 0.153 e. The average molecular weight is 212 g/mol. The molecule has 0 spiro atoms. The van der Waals surface area contributed by atoms with Gasteiger partial charge in [0, 0.05) is 12.7 Å². The molecule has 4 nitrogen and oxygen atoms in total. The molecule has 0 amide bonds. The lowest BCUT2D eigenvalue weighted by molar-refractivity contribution is 0.817. The Labute approximate surface area is 88.4 Å². The SMILES string of the molecule is CCSC(N)=NCCCc1c[nH]cn1. The van der Waals surface area contributed by atoms with E-state index in [1.54, 1.807) is 18.1 Å². The summed E-state index contributed by atoms with van der Waals surface area (Å²) in [5.41, 5.74) is 6.72. The number of imidazole rings is 1. The molecule has 0 radical (unpaired) electrons. The van der Waals surface area contributed by atoms with Crippen LogP contribution in [0.3, 0.4) is 0 Å². The number of nitrogens with zero attached hydrogens (tertiary/aromatic N) is 2. The van der Waals surface area contributed by atoms with Gasteiger partial charge in [0.25, 0.3) is 0 Å². The minimum atomic E-state index is 0.689. The molecule has 0 aromatic carbocycles. The van der Waals surface area contributed by atoms with Gasteiger partial charge in [0.05, 0.1) is 12.0 Å². The van der Waals surface area contributed by atoms with Crippen molar-refractivity contribution in [1.82, 2.24) is 9.97 Å². The van der Waals surface area contributed by atoms with Gasteiger partial charge in [0.15, 0.2) is 5.17 Å². The first-order chi connectivity index (χ1) is 6.83. The van der Waals surface area contributed by atoms with Crippen LogP contribution in [-0.4, -0.2) is 27.4 Å². The lowest BCUT2D eigenvalue weighted by Crippen LogP contribution is -2.07. The van der Waals surface area contributed by atoms with Gasteiger partial charge in [-0.15, -0.1) is 0 Å². The fraction of sp³-hybridized carbons (Fsp3) is 0.556. The maximum absolute atomic E-state index is 5.63. The molecule has 78 valence electrons. The second-order valence-corrected chi connectivity index (χ2v) is 4.10. The van der Waals surface area contributed by atoms with E-state index in [0.717, 1.165) is 30.8 Å². The normalized spacial score (nSPS) is 11.9. The third-order valence-electron chi connectivity index (χ3n) is 1.71. The van der Waals surface area contributed by atoms with Crippen molar-refractivity contribution >= 4 is 16.9 Å². The second-order valence-electron chi connectivity index (χ2n) is 2.82. The number of hydrogen-bond donors (Lipinski definition) is 2. The lowest BCUT2D eigenvalue weighted by Gasteiger charge is -1.97. The first-order valence-corrected chi connectivity index (χ1v) is 5.72. The summed E-state index contributed by atoms with van der Waals surface area (Å²) in [4.78, 5) is 11.3. The number of nitrogens with one attached hydrogen (secondary N) is 1. The standard InChI is InChI=1S/C9H16N4S/c1-2-14-9(10)12-5-3-4-8-6-11-7-13-8/h6-7H,2-5H2,1H3,(H2,10,12)(H,11,13). The number of H-pyrrole nitrogens is 1. The van der Waals surface area contributed by atoms with E-state index in [9.17, 15) is 0 Å². The Bertz CT molecular complexity index is 268. The molecule has 1 heterocycles. The summed E-state index contributed by atoms with van der Waals surface area (Å²) in [6, 6.07) is 0. The van der Waals surface area contributed by atoms with Crippen molar-refractivity contribution in [1.29, 1.82) is 0 Å². The highest BCUT2D eigenvalue weighted by Gasteiger charge is 1.94. The molecule has 1 aromatic heterocycles. The molecule has 0 saturated heterocycles. The first kappa shape index (κ1) is 11.1. The van der Waals surface area contributed by atoms with E-state index in [0.29, 0.717) is 5.17 Å². The number of amidine groups is 1. The summed E-state index contributed by atoms with van der Waals surface area (Å²) < 4.78 is 0. The lowest BCUT2D eigenvalue weighted by atomic mass is 10.2. The van der Waals surface area contributed by atoms with Gasteiger partial charge in [0.1, 0.15) is 0 Å². The summed E-state index contributed by atoms with van der Waals surface area (Å²) in [6.07, 6.45) is 5.56. The number of hydrogen-bond acceptors (Lipinski definition) is 3. The molecule has 5 heteroatoms. The summed E-state index contributed by atoms with van der Waals surface area (Å²) in [5, 5.41) is 0.689. The number of nitrogens with two attached hydrogens (primary N) is 1. The molecule has 1 aromatic rings. The molecule has 0 aliphatic rings. The highest BCUT2D eigenvalue weighted by Crippen LogP contribution is 2.00. The Balaban J connectivity index is 2.13. The van der Waals surface area contributed by atoms with Crippen molar-refractivity contribution in [3.63, 3.8) is 0 Å². The smallest absolute Gasteiger partial charge is 0.153 e. The van der Waals surface area contributed by atoms with Crippen molar-refractivity contribution in [2.24, 2.45) is 10.7 Å². The first-order valence-electron chi connectivity index (χ1n) is 4.73. The zero-order chi connectivity index (χ0) is 10.2. The fourth-order valence-corrected chi connectivity index (χ4v) is 1.55. The van der Waals surface area contributed by atoms with E-state index in [1.165, 1.54) is 0 Å². The molecule has 0 fully saturated rings. The summed E-state index contributed by atoms with van der Waals surface area (Å²) in [5.74, 6) is 0.981. The molecule has 0 unspecified atom stereocenters. The molecule has 0 aliphatic heterocycles. The molecule has 1 rings (SSSR count). The third-order valence-corrected chi connectivity index (χ3v) is 2.42. The van der Waals surface area contributed by atoms with Gasteiger partial charge in [0.2, 0.25) is 0 Å². The van der Waals surface area contributed by atoms with Crippen LogP contribution in [0, 0.1) is 0 Å². The minimum absolute atomic E-state index is 0.689. The summed E-state index contributed by atoms with van der Waals surface area (Å²) in [6.45, 7) is 2.85.